The minimum Gasteiger partial charge on any atom is -0.463 e. The first-order valence-electron chi connectivity index (χ1n) is 8.75. The highest BCUT2D eigenvalue weighted by Crippen LogP contribution is 2.36. The molecule has 1 atom stereocenters. The van der Waals surface area contributed by atoms with Crippen LogP contribution in [-0.4, -0.2) is 32.6 Å². The van der Waals surface area contributed by atoms with Crippen LogP contribution in [0.4, 0.5) is 0 Å². The van der Waals surface area contributed by atoms with E-state index in [4.69, 9.17) is 8.83 Å². The summed E-state index contributed by atoms with van der Waals surface area (Å²) >= 11 is 4.35. The summed E-state index contributed by atoms with van der Waals surface area (Å²) in [5.41, 5.74) is 0.768. The maximum Gasteiger partial charge on any atom is 0.277 e. The number of rotatable bonds is 6. The number of nitrogens with zero attached hydrogens (tertiary/aromatic N) is 4. The van der Waals surface area contributed by atoms with E-state index in [1.54, 1.807) is 22.6 Å². The smallest absolute Gasteiger partial charge is 0.277 e. The lowest BCUT2D eigenvalue weighted by Gasteiger charge is -2.20. The van der Waals surface area contributed by atoms with E-state index in [1.165, 1.54) is 23.1 Å². The van der Waals surface area contributed by atoms with Crippen molar-refractivity contribution < 1.29 is 13.6 Å². The predicted octanol–water partition coefficient (Wildman–Crippen LogP) is 4.92. The topological polar surface area (TPSA) is 84.7 Å². The Morgan fingerprint density at radius 2 is 2.07 bits per heavy atom. The van der Waals surface area contributed by atoms with Crippen LogP contribution in [-0.2, 0) is 4.79 Å². The van der Waals surface area contributed by atoms with Gasteiger partial charge in [-0.25, -0.2) is 5.01 Å². The molecule has 0 N–H and O–H groups in total. The number of hydrogen-bond acceptors (Lipinski definition) is 9. The third-order valence-electron chi connectivity index (χ3n) is 4.30. The standard InChI is InChI=1S/C19H14N4O3S3/c24-17(11-29-19-21-20-18(26-19)16-6-3-9-28-16)23-13(15-5-2-8-27-15)10-12(22-23)14-4-1-7-25-14/h1-9,13H,10-11H2. The molecular weight excluding hydrogens is 428 g/mol. The zero-order chi connectivity index (χ0) is 19.6. The second kappa shape index (κ2) is 7.97. The van der Waals surface area contributed by atoms with Crippen molar-refractivity contribution in [3.63, 3.8) is 0 Å². The monoisotopic (exact) mass is 442 g/mol. The van der Waals surface area contributed by atoms with Crippen LogP contribution < -0.4 is 0 Å². The van der Waals surface area contributed by atoms with E-state index < -0.39 is 0 Å². The summed E-state index contributed by atoms with van der Waals surface area (Å²) in [5.74, 6) is 1.19. The van der Waals surface area contributed by atoms with Crippen molar-refractivity contribution in [1.82, 2.24) is 15.2 Å². The van der Waals surface area contributed by atoms with E-state index in [9.17, 15) is 4.79 Å². The molecule has 29 heavy (non-hydrogen) atoms. The zero-order valence-electron chi connectivity index (χ0n) is 14.9. The van der Waals surface area contributed by atoms with Crippen molar-refractivity contribution in [2.24, 2.45) is 5.10 Å². The van der Waals surface area contributed by atoms with Gasteiger partial charge in [0, 0.05) is 11.3 Å². The van der Waals surface area contributed by atoms with Crippen molar-refractivity contribution in [2.45, 2.75) is 17.7 Å². The van der Waals surface area contributed by atoms with Gasteiger partial charge in [0.2, 0.25) is 0 Å². The fourth-order valence-corrected chi connectivity index (χ4v) is 5.06. The molecule has 1 amide bonds. The van der Waals surface area contributed by atoms with Crippen LogP contribution >= 0.6 is 34.4 Å². The second-order valence-electron chi connectivity index (χ2n) is 6.14. The molecule has 1 unspecified atom stereocenters. The first-order chi connectivity index (χ1) is 14.3. The average molecular weight is 443 g/mol. The zero-order valence-corrected chi connectivity index (χ0v) is 17.4. The molecule has 4 aromatic heterocycles. The summed E-state index contributed by atoms with van der Waals surface area (Å²) in [6.45, 7) is 0. The number of thiophene rings is 2. The number of carbonyl (C=O) groups is 1. The molecule has 5 rings (SSSR count). The van der Waals surface area contributed by atoms with E-state index in [0.717, 1.165) is 15.5 Å². The van der Waals surface area contributed by atoms with Crippen LogP contribution in [0.3, 0.4) is 0 Å². The number of hydrazone groups is 1. The van der Waals surface area contributed by atoms with Gasteiger partial charge in [0.1, 0.15) is 11.5 Å². The number of carbonyl (C=O) groups excluding carboxylic acids is 1. The minimum atomic E-state index is -0.132. The van der Waals surface area contributed by atoms with Crippen molar-refractivity contribution in [3.05, 3.63) is 64.1 Å². The fourth-order valence-electron chi connectivity index (χ4n) is 2.99. The summed E-state index contributed by atoms with van der Waals surface area (Å²) in [5, 5.41) is 18.5. The molecule has 5 heterocycles. The largest absolute Gasteiger partial charge is 0.463 e. The van der Waals surface area contributed by atoms with Gasteiger partial charge in [-0.05, 0) is 35.0 Å². The highest BCUT2D eigenvalue weighted by molar-refractivity contribution is 7.99. The van der Waals surface area contributed by atoms with Crippen LogP contribution in [0.25, 0.3) is 10.8 Å². The Morgan fingerprint density at radius 1 is 1.17 bits per heavy atom. The highest BCUT2D eigenvalue weighted by Gasteiger charge is 2.34. The molecule has 146 valence electrons. The Bertz CT molecular complexity index is 1120. The van der Waals surface area contributed by atoms with Gasteiger partial charge >= 0.3 is 0 Å². The highest BCUT2D eigenvalue weighted by atomic mass is 32.2. The summed E-state index contributed by atoms with van der Waals surface area (Å²) in [6.07, 6.45) is 2.23. The molecule has 0 saturated heterocycles. The minimum absolute atomic E-state index is 0.120. The second-order valence-corrected chi connectivity index (χ2v) is 8.99. The Kier molecular flexibility index (Phi) is 5.04. The lowest BCUT2D eigenvalue weighted by Crippen LogP contribution is -2.28. The van der Waals surface area contributed by atoms with Gasteiger partial charge < -0.3 is 8.83 Å². The molecule has 0 saturated carbocycles. The molecule has 0 aliphatic carbocycles. The van der Waals surface area contributed by atoms with Crippen LogP contribution in [0.2, 0.25) is 0 Å². The number of amides is 1. The number of thioether (sulfide) groups is 1. The molecule has 10 heteroatoms. The van der Waals surface area contributed by atoms with E-state index in [1.807, 2.05) is 47.2 Å². The van der Waals surface area contributed by atoms with Gasteiger partial charge in [-0.15, -0.1) is 32.9 Å². The third-order valence-corrected chi connectivity index (χ3v) is 6.94. The average Bonchev–Trinajstić information content (AvgIpc) is 3.56. The molecule has 0 radical (unpaired) electrons. The van der Waals surface area contributed by atoms with Gasteiger partial charge in [0.05, 0.1) is 22.9 Å². The van der Waals surface area contributed by atoms with Gasteiger partial charge in [-0.1, -0.05) is 23.9 Å². The molecule has 0 bridgehead atoms. The quantitative estimate of drug-likeness (QED) is 0.394. The first-order valence-corrected chi connectivity index (χ1v) is 11.5. The fraction of sp³-hybridized carbons (Fsp3) is 0.158. The third kappa shape index (κ3) is 3.78. The molecule has 0 spiro atoms. The Morgan fingerprint density at radius 3 is 2.83 bits per heavy atom. The molecule has 7 nitrogen and oxygen atoms in total. The summed E-state index contributed by atoms with van der Waals surface area (Å²) < 4.78 is 11.1. The SMILES string of the molecule is O=C(CSc1nnc(-c2cccs2)o1)N1N=C(c2ccco2)CC1c1cccs1. The first kappa shape index (κ1) is 18.3. The molecule has 0 aromatic carbocycles. The summed E-state index contributed by atoms with van der Waals surface area (Å²) in [6, 6.07) is 11.4. The van der Waals surface area contributed by atoms with Crippen LogP contribution in [0.5, 0.6) is 0 Å². The van der Waals surface area contributed by atoms with Gasteiger partial charge in [-0.3, -0.25) is 4.79 Å². The van der Waals surface area contributed by atoms with E-state index in [0.29, 0.717) is 23.3 Å². The van der Waals surface area contributed by atoms with Crippen LogP contribution in [0.1, 0.15) is 23.1 Å². The Hall–Kier alpha value is -2.69. The number of furan rings is 1. The van der Waals surface area contributed by atoms with Crippen molar-refractivity contribution in [2.75, 3.05) is 5.75 Å². The lowest BCUT2D eigenvalue weighted by molar-refractivity contribution is -0.130. The lowest BCUT2D eigenvalue weighted by atomic mass is 10.1. The number of aromatic nitrogens is 2. The van der Waals surface area contributed by atoms with E-state index in [-0.39, 0.29) is 17.7 Å². The molecule has 0 fully saturated rings. The summed E-state index contributed by atoms with van der Waals surface area (Å²) in [7, 11) is 0. The van der Waals surface area contributed by atoms with Crippen molar-refractivity contribution in [1.29, 1.82) is 0 Å². The molecule has 1 aliphatic rings. The predicted molar refractivity (Wildman–Crippen MR) is 112 cm³/mol. The van der Waals surface area contributed by atoms with E-state index >= 15 is 0 Å². The van der Waals surface area contributed by atoms with Gasteiger partial charge in [-0.2, -0.15) is 5.10 Å². The molecule has 1 aliphatic heterocycles. The van der Waals surface area contributed by atoms with E-state index in [2.05, 4.69) is 15.3 Å². The van der Waals surface area contributed by atoms with Crippen LogP contribution in [0, 0.1) is 0 Å². The molecule has 4 aromatic rings. The van der Waals surface area contributed by atoms with Gasteiger partial charge in [0.25, 0.3) is 17.0 Å². The number of hydrogen-bond donors (Lipinski definition) is 0. The van der Waals surface area contributed by atoms with Gasteiger partial charge in [0.15, 0.2) is 0 Å². The Balaban J connectivity index is 1.31. The van der Waals surface area contributed by atoms with Crippen LogP contribution in [0.15, 0.2) is 72.6 Å². The normalized spacial score (nSPS) is 16.3. The summed E-state index contributed by atoms with van der Waals surface area (Å²) in [4.78, 5) is 15.0. The Labute approximate surface area is 178 Å². The maximum atomic E-state index is 13.0. The molecular formula is C19H14N4O3S3. The van der Waals surface area contributed by atoms with Crippen molar-refractivity contribution >= 4 is 46.1 Å². The van der Waals surface area contributed by atoms with Crippen molar-refractivity contribution in [3.8, 4) is 10.8 Å². The maximum absolute atomic E-state index is 13.0.